The molecule has 4 heteroatoms. The van der Waals surface area contributed by atoms with E-state index in [2.05, 4.69) is 5.32 Å². The van der Waals surface area contributed by atoms with Crippen molar-refractivity contribution in [3.8, 4) is 0 Å². The van der Waals surface area contributed by atoms with Gasteiger partial charge in [0, 0.05) is 12.2 Å². The highest BCUT2D eigenvalue weighted by molar-refractivity contribution is 5.94. The molecule has 0 saturated carbocycles. The molecule has 0 unspecified atom stereocenters. The lowest BCUT2D eigenvalue weighted by molar-refractivity contribution is 0.0624. The van der Waals surface area contributed by atoms with Crippen molar-refractivity contribution in [2.75, 3.05) is 13.2 Å². The lowest BCUT2D eigenvalue weighted by atomic mass is 9.98. The second-order valence-electron chi connectivity index (χ2n) is 6.40. The van der Waals surface area contributed by atoms with Crippen molar-refractivity contribution in [3.05, 3.63) is 35.4 Å². The maximum absolute atomic E-state index is 12.1. The third kappa shape index (κ3) is 5.48. The van der Waals surface area contributed by atoms with E-state index in [1.54, 1.807) is 13.8 Å². The van der Waals surface area contributed by atoms with Crippen LogP contribution in [0.4, 0.5) is 0 Å². The first-order chi connectivity index (χ1) is 9.94. The largest absolute Gasteiger partial charge is 0.390 e. The zero-order chi connectivity index (χ0) is 15.3. The molecular weight excluding hydrogens is 266 g/mol. The zero-order valence-electron chi connectivity index (χ0n) is 12.9. The summed E-state index contributed by atoms with van der Waals surface area (Å²) in [6.07, 6.45) is 3.50. The quantitative estimate of drug-likeness (QED) is 0.875. The summed E-state index contributed by atoms with van der Waals surface area (Å²) in [5, 5.41) is 12.7. The van der Waals surface area contributed by atoms with E-state index in [1.807, 2.05) is 24.3 Å². The predicted octanol–water partition coefficient (Wildman–Crippen LogP) is 2.30. The van der Waals surface area contributed by atoms with Gasteiger partial charge in [0.25, 0.3) is 5.91 Å². The number of hydrogen-bond donors (Lipinski definition) is 2. The van der Waals surface area contributed by atoms with E-state index in [-0.39, 0.29) is 11.9 Å². The average Bonchev–Trinajstić information content (AvgIpc) is 2.46. The van der Waals surface area contributed by atoms with Gasteiger partial charge in [-0.2, -0.15) is 0 Å². The Kier molecular flexibility index (Phi) is 5.37. The fourth-order valence-corrected chi connectivity index (χ4v) is 2.40. The number of aliphatic hydroxyl groups is 1. The minimum Gasteiger partial charge on any atom is -0.390 e. The number of carbonyl (C=O) groups excluding carboxylic acids is 1. The van der Waals surface area contributed by atoms with Gasteiger partial charge in [0.1, 0.15) is 0 Å². The molecule has 1 heterocycles. The van der Waals surface area contributed by atoms with Crippen molar-refractivity contribution in [2.45, 2.75) is 51.2 Å². The van der Waals surface area contributed by atoms with E-state index in [9.17, 15) is 9.90 Å². The van der Waals surface area contributed by atoms with Gasteiger partial charge >= 0.3 is 0 Å². The van der Waals surface area contributed by atoms with Gasteiger partial charge in [0.15, 0.2) is 0 Å². The second kappa shape index (κ2) is 7.05. The Morgan fingerprint density at radius 3 is 2.67 bits per heavy atom. The normalized spacial score (nSPS) is 19.3. The number of rotatable bonds is 5. The van der Waals surface area contributed by atoms with Crippen LogP contribution in [0.1, 0.15) is 49.0 Å². The molecular formula is C17H25NO3. The molecule has 116 valence electrons. The molecule has 1 aliphatic heterocycles. The summed E-state index contributed by atoms with van der Waals surface area (Å²) in [7, 11) is 0. The van der Waals surface area contributed by atoms with Gasteiger partial charge < -0.3 is 15.2 Å². The Balaban J connectivity index is 1.87. The summed E-state index contributed by atoms with van der Waals surface area (Å²) in [5.74, 6) is -0.0421. The summed E-state index contributed by atoms with van der Waals surface area (Å²) in [6.45, 7) is 5.01. The zero-order valence-corrected chi connectivity index (χ0v) is 12.9. The molecule has 0 bridgehead atoms. The lowest BCUT2D eigenvalue weighted by Gasteiger charge is -2.23. The molecule has 0 aliphatic carbocycles. The van der Waals surface area contributed by atoms with Gasteiger partial charge in [-0.25, -0.2) is 0 Å². The third-order valence-electron chi connectivity index (χ3n) is 3.74. The van der Waals surface area contributed by atoms with Crippen molar-refractivity contribution in [1.82, 2.24) is 5.32 Å². The van der Waals surface area contributed by atoms with Crippen LogP contribution >= 0.6 is 0 Å². The van der Waals surface area contributed by atoms with Gasteiger partial charge in [0.05, 0.1) is 18.2 Å². The smallest absolute Gasteiger partial charge is 0.251 e. The average molecular weight is 291 g/mol. The van der Waals surface area contributed by atoms with Gasteiger partial charge in [0.2, 0.25) is 0 Å². The van der Waals surface area contributed by atoms with E-state index in [4.69, 9.17) is 4.74 Å². The van der Waals surface area contributed by atoms with E-state index in [1.165, 1.54) is 0 Å². The van der Waals surface area contributed by atoms with Crippen LogP contribution in [-0.2, 0) is 11.2 Å². The van der Waals surface area contributed by atoms with Crippen molar-refractivity contribution in [2.24, 2.45) is 0 Å². The van der Waals surface area contributed by atoms with Crippen molar-refractivity contribution < 1.29 is 14.6 Å². The highest BCUT2D eigenvalue weighted by Gasteiger charge is 2.17. The number of hydrogen-bond acceptors (Lipinski definition) is 3. The Labute approximate surface area is 126 Å². The summed E-state index contributed by atoms with van der Waals surface area (Å²) in [6, 6.07) is 7.73. The van der Waals surface area contributed by atoms with Crippen LogP contribution in [0.5, 0.6) is 0 Å². The van der Waals surface area contributed by atoms with Gasteiger partial charge in [-0.05, 0) is 57.2 Å². The number of carbonyl (C=O) groups is 1. The van der Waals surface area contributed by atoms with Crippen LogP contribution in [0, 0.1) is 0 Å². The molecule has 1 aromatic rings. The van der Waals surface area contributed by atoms with Crippen LogP contribution in [0.2, 0.25) is 0 Å². The van der Waals surface area contributed by atoms with Crippen LogP contribution in [0.15, 0.2) is 24.3 Å². The fourth-order valence-electron chi connectivity index (χ4n) is 2.40. The molecule has 2 rings (SSSR count). The van der Waals surface area contributed by atoms with Crippen molar-refractivity contribution in [1.29, 1.82) is 0 Å². The molecule has 0 aromatic heterocycles. The molecule has 2 N–H and O–H groups in total. The maximum Gasteiger partial charge on any atom is 0.251 e. The van der Waals surface area contributed by atoms with Gasteiger partial charge in [-0.3, -0.25) is 4.79 Å². The van der Waals surface area contributed by atoms with E-state index in [0.717, 1.165) is 31.4 Å². The Hall–Kier alpha value is -1.39. The number of nitrogens with one attached hydrogen (secondary N) is 1. The molecule has 1 aliphatic rings. The first-order valence-electron chi connectivity index (χ1n) is 7.64. The number of amides is 1. The molecule has 1 saturated heterocycles. The highest BCUT2D eigenvalue weighted by Crippen LogP contribution is 2.14. The molecule has 0 radical (unpaired) electrons. The topological polar surface area (TPSA) is 58.6 Å². The number of aryl methyl sites for hydroxylation is 1. The summed E-state index contributed by atoms with van der Waals surface area (Å²) in [5.41, 5.74) is 1.15. The van der Waals surface area contributed by atoms with E-state index >= 15 is 0 Å². The number of ether oxygens (including phenoxy) is 1. The first kappa shape index (κ1) is 16.0. The lowest BCUT2D eigenvalue weighted by Crippen LogP contribution is -2.40. The summed E-state index contributed by atoms with van der Waals surface area (Å²) < 4.78 is 5.36. The molecule has 1 amide bonds. The van der Waals surface area contributed by atoms with Crippen LogP contribution in [-0.4, -0.2) is 35.9 Å². The molecule has 0 spiro atoms. The maximum atomic E-state index is 12.1. The van der Waals surface area contributed by atoms with Gasteiger partial charge in [-0.15, -0.1) is 0 Å². The fraction of sp³-hybridized carbons (Fsp3) is 0.588. The summed E-state index contributed by atoms with van der Waals surface area (Å²) in [4.78, 5) is 12.1. The van der Waals surface area contributed by atoms with Crippen LogP contribution < -0.4 is 5.32 Å². The van der Waals surface area contributed by atoms with Crippen LogP contribution in [0.3, 0.4) is 0 Å². The third-order valence-corrected chi connectivity index (χ3v) is 3.74. The Bertz CT molecular complexity index is 456. The van der Waals surface area contributed by atoms with Crippen molar-refractivity contribution in [3.63, 3.8) is 0 Å². The minimum atomic E-state index is -0.656. The second-order valence-corrected chi connectivity index (χ2v) is 6.40. The predicted molar refractivity (Wildman–Crippen MR) is 82.4 cm³/mol. The molecule has 1 fully saturated rings. The standard InChI is InChI=1S/C17H25NO3/c1-17(2,20)10-9-13-5-7-14(8-6-13)16(19)18-15-4-3-11-21-12-15/h5-8,15,20H,3-4,9-12H2,1-2H3,(H,18,19)/t15-/m1/s1. The SMILES string of the molecule is CC(C)(O)CCc1ccc(C(=O)N[C@@H]2CCCOC2)cc1. The Morgan fingerprint density at radius 1 is 1.38 bits per heavy atom. The number of benzene rings is 1. The molecule has 21 heavy (non-hydrogen) atoms. The summed E-state index contributed by atoms with van der Waals surface area (Å²) >= 11 is 0. The van der Waals surface area contributed by atoms with Crippen molar-refractivity contribution >= 4 is 5.91 Å². The first-order valence-corrected chi connectivity index (χ1v) is 7.64. The monoisotopic (exact) mass is 291 g/mol. The Morgan fingerprint density at radius 2 is 2.10 bits per heavy atom. The van der Waals surface area contributed by atoms with E-state index in [0.29, 0.717) is 18.6 Å². The van der Waals surface area contributed by atoms with Gasteiger partial charge in [-0.1, -0.05) is 12.1 Å². The van der Waals surface area contributed by atoms with E-state index < -0.39 is 5.60 Å². The highest BCUT2D eigenvalue weighted by atomic mass is 16.5. The minimum absolute atomic E-state index is 0.0421. The molecule has 4 nitrogen and oxygen atoms in total. The molecule has 1 aromatic carbocycles. The van der Waals surface area contributed by atoms with Crippen LogP contribution in [0.25, 0.3) is 0 Å². The molecule has 1 atom stereocenters.